The first-order chi connectivity index (χ1) is 17.9. The quantitative estimate of drug-likeness (QED) is 0.184. The van der Waals surface area contributed by atoms with Crippen molar-refractivity contribution in [2.75, 3.05) is 32.8 Å². The zero-order valence-electron chi connectivity index (χ0n) is 31.7. The molecular formula is C37H74N4Si2Ti2. The van der Waals surface area contributed by atoms with Gasteiger partial charge in [0.2, 0.25) is 0 Å². The van der Waals surface area contributed by atoms with E-state index < -0.39 is 16.5 Å². The van der Waals surface area contributed by atoms with Gasteiger partial charge in [0.25, 0.3) is 0 Å². The largest absolute Gasteiger partial charge is 4.00 e. The van der Waals surface area contributed by atoms with E-state index in [4.69, 9.17) is 9.96 Å². The van der Waals surface area contributed by atoms with Crippen LogP contribution in [0.1, 0.15) is 89.9 Å². The minimum absolute atomic E-state index is 0. The average molecular weight is 727 g/mol. The SMILES string of the molecule is C[Si](C)([N-]C[N-][Si](C)(C)C1CC(N2CCCC2)C2CCCC[C]21)C1CC(N2CCCC2)C2CCCC[C]21.[CH3-].[CH3-].[CH3-].[CH3-].[CH3-].[CH3-].[Ti+4].[Ti+4]. The van der Waals surface area contributed by atoms with Crippen molar-refractivity contribution in [3.8, 4) is 0 Å². The predicted molar refractivity (Wildman–Crippen MR) is 201 cm³/mol. The number of hydrogen-bond acceptors (Lipinski definition) is 2. The number of nitrogens with zero attached hydrogens (tertiary/aromatic N) is 4. The van der Waals surface area contributed by atoms with Gasteiger partial charge < -0.3 is 64.3 Å². The second kappa shape index (κ2) is 21.8. The van der Waals surface area contributed by atoms with Crippen molar-refractivity contribution in [3.05, 3.63) is 66.4 Å². The molecule has 6 fully saturated rings. The number of fused-ring (bicyclic) bond motifs is 2. The fraction of sp³-hybridized carbons (Fsp3) is 0.784. The molecule has 0 amide bonds. The van der Waals surface area contributed by atoms with Gasteiger partial charge in [-0.05, 0) is 114 Å². The summed E-state index contributed by atoms with van der Waals surface area (Å²) in [6, 6.07) is 1.68. The minimum atomic E-state index is -1.71. The molecule has 0 N–H and O–H groups in total. The molecule has 4 aliphatic carbocycles. The van der Waals surface area contributed by atoms with E-state index in [-0.39, 0.29) is 88.0 Å². The van der Waals surface area contributed by atoms with Crippen LogP contribution in [-0.4, -0.2) is 71.2 Å². The summed E-state index contributed by atoms with van der Waals surface area (Å²) in [5, 5.41) is 0. The van der Waals surface area contributed by atoms with Gasteiger partial charge in [-0.3, -0.25) is 6.67 Å². The Morgan fingerprint density at radius 3 is 1.20 bits per heavy atom. The minimum Gasteiger partial charge on any atom is -0.683 e. The Labute approximate surface area is 317 Å². The van der Waals surface area contributed by atoms with Crippen LogP contribution in [0.2, 0.25) is 37.3 Å². The summed E-state index contributed by atoms with van der Waals surface area (Å²) in [5.74, 6) is 5.71. The molecule has 8 heteroatoms. The molecular weight excluding hydrogens is 652 g/mol. The summed E-state index contributed by atoms with van der Waals surface area (Å²) in [6.45, 7) is 16.6. The molecule has 0 spiro atoms. The molecule has 0 aromatic heterocycles. The van der Waals surface area contributed by atoms with Crippen LogP contribution in [0.15, 0.2) is 0 Å². The molecule has 6 unspecified atom stereocenters. The van der Waals surface area contributed by atoms with Crippen molar-refractivity contribution in [1.82, 2.24) is 9.80 Å². The van der Waals surface area contributed by atoms with Gasteiger partial charge >= 0.3 is 43.4 Å². The van der Waals surface area contributed by atoms with E-state index in [9.17, 15) is 0 Å². The molecule has 4 saturated carbocycles. The molecule has 2 aliphatic heterocycles. The van der Waals surface area contributed by atoms with E-state index in [1.54, 1.807) is 0 Å². The van der Waals surface area contributed by atoms with Crippen LogP contribution in [0.25, 0.3) is 9.96 Å². The Hall–Kier alpha value is 1.70. The maximum absolute atomic E-state index is 5.60. The average Bonchev–Trinajstić information content (AvgIpc) is 3.68. The van der Waals surface area contributed by atoms with E-state index in [2.05, 4.69) is 36.0 Å². The number of rotatable bonds is 8. The summed E-state index contributed by atoms with van der Waals surface area (Å²) in [7, 11) is -3.41. The third-order valence-corrected chi connectivity index (χ3v) is 18.6. The van der Waals surface area contributed by atoms with Gasteiger partial charge in [-0.15, -0.1) is 0 Å². The molecule has 0 aromatic carbocycles. The second-order valence-corrected chi connectivity index (χ2v) is 23.5. The molecule has 0 aromatic rings. The zero-order chi connectivity index (χ0) is 25.6. The fourth-order valence-electron chi connectivity index (χ4n) is 10.0. The monoisotopic (exact) mass is 726 g/mol. The van der Waals surface area contributed by atoms with Crippen molar-refractivity contribution < 1.29 is 43.4 Å². The third kappa shape index (κ3) is 10.8. The van der Waals surface area contributed by atoms with Crippen molar-refractivity contribution in [3.63, 3.8) is 0 Å². The number of hydrogen-bond donors (Lipinski definition) is 0. The maximum atomic E-state index is 5.60. The van der Waals surface area contributed by atoms with Crippen molar-refractivity contribution >= 4 is 16.5 Å². The van der Waals surface area contributed by atoms with Crippen molar-refractivity contribution in [2.45, 2.75) is 139 Å². The third-order valence-electron chi connectivity index (χ3n) is 12.1. The predicted octanol–water partition coefficient (Wildman–Crippen LogP) is 10.8. The van der Waals surface area contributed by atoms with Gasteiger partial charge in [-0.25, -0.2) is 0 Å². The first kappa shape index (κ1) is 51.1. The van der Waals surface area contributed by atoms with E-state index >= 15 is 0 Å². The molecule has 0 bridgehead atoms. The molecule has 6 aliphatic rings. The number of likely N-dealkylation sites (tertiary alicyclic amines) is 2. The van der Waals surface area contributed by atoms with Crippen molar-refractivity contribution in [2.24, 2.45) is 11.8 Å². The molecule has 258 valence electrons. The zero-order valence-corrected chi connectivity index (χ0v) is 36.8. The van der Waals surface area contributed by atoms with Crippen LogP contribution in [-0.2, 0) is 43.4 Å². The van der Waals surface area contributed by atoms with Gasteiger partial charge in [0.1, 0.15) is 0 Å². The summed E-state index contributed by atoms with van der Waals surface area (Å²) in [5.41, 5.74) is 1.62. The van der Waals surface area contributed by atoms with Crippen LogP contribution in [0.5, 0.6) is 0 Å². The normalized spacial score (nSPS) is 32.0. The Balaban J connectivity index is -0.00000220. The smallest absolute Gasteiger partial charge is 0.683 e. The maximum Gasteiger partial charge on any atom is 4.00 e. The first-order valence-electron chi connectivity index (χ1n) is 16.4. The Bertz CT molecular complexity index is 714. The summed E-state index contributed by atoms with van der Waals surface area (Å²) >= 11 is 0. The topological polar surface area (TPSA) is 34.7 Å². The summed E-state index contributed by atoms with van der Waals surface area (Å²) < 4.78 is 0. The van der Waals surface area contributed by atoms with Crippen LogP contribution < -0.4 is 0 Å². The fourth-order valence-corrected chi connectivity index (χ4v) is 15.7. The van der Waals surface area contributed by atoms with Crippen LogP contribution in [0, 0.1) is 68.2 Å². The van der Waals surface area contributed by atoms with E-state index in [1.807, 2.05) is 11.8 Å². The van der Waals surface area contributed by atoms with E-state index in [0.29, 0.717) is 0 Å². The van der Waals surface area contributed by atoms with Gasteiger partial charge in [0, 0.05) is 12.1 Å². The summed E-state index contributed by atoms with van der Waals surface area (Å²) in [4.78, 5) is 17.0. The molecule has 2 saturated heterocycles. The molecule has 4 nitrogen and oxygen atoms in total. The molecule has 2 heterocycles. The van der Waals surface area contributed by atoms with Gasteiger partial charge in [0.05, 0.1) is 0 Å². The standard InChI is InChI=1S/C31H56N4Si2.6CH3.2Ti/c1-36(2,30-21-28(34-17-9-10-18-34)24-13-5-7-15-26(24)30)32-23-33-37(3,4)31-22-29(35-19-11-12-20-35)25-14-6-8-16-27(25)31;;;;;;;;/h24-25,28-31H,5-23H2,1-4H3;6*1H3;;/q-2;6*-1;2*+4. The van der Waals surface area contributed by atoms with E-state index in [1.165, 1.54) is 116 Å². The molecule has 45 heavy (non-hydrogen) atoms. The van der Waals surface area contributed by atoms with Gasteiger partial charge in [-0.2, -0.15) is 0 Å². The Morgan fingerprint density at radius 1 is 0.533 bits per heavy atom. The summed E-state index contributed by atoms with van der Waals surface area (Å²) in [6.07, 6.45) is 20.0. The van der Waals surface area contributed by atoms with Gasteiger partial charge in [-0.1, -0.05) is 79.4 Å². The van der Waals surface area contributed by atoms with Crippen LogP contribution in [0.3, 0.4) is 0 Å². The van der Waals surface area contributed by atoms with E-state index in [0.717, 1.165) is 41.7 Å². The van der Waals surface area contributed by atoms with Gasteiger partial charge in [0.15, 0.2) is 0 Å². The van der Waals surface area contributed by atoms with Crippen molar-refractivity contribution in [1.29, 1.82) is 0 Å². The molecule has 6 rings (SSSR count). The van der Waals surface area contributed by atoms with Crippen LogP contribution in [0.4, 0.5) is 0 Å². The molecule has 2 radical (unpaired) electrons. The molecule has 6 atom stereocenters. The van der Waals surface area contributed by atoms with Crippen LogP contribution >= 0.6 is 0 Å². The second-order valence-electron chi connectivity index (χ2n) is 14.8. The first-order valence-corrected chi connectivity index (χ1v) is 22.5. The Morgan fingerprint density at radius 2 is 0.867 bits per heavy atom. The Kier molecular flexibility index (Phi) is 24.8.